The second kappa shape index (κ2) is 7.42. The van der Waals surface area contributed by atoms with E-state index in [1.807, 2.05) is 27.8 Å². The molecule has 3 aromatic rings. The van der Waals surface area contributed by atoms with Crippen molar-refractivity contribution in [2.75, 3.05) is 11.9 Å². The number of aryl methyl sites for hydroxylation is 2. The number of nitrogens with zero attached hydrogens (tertiary/aromatic N) is 4. The summed E-state index contributed by atoms with van der Waals surface area (Å²) in [6, 6.07) is 7.85. The Balaban J connectivity index is 1.53. The van der Waals surface area contributed by atoms with Gasteiger partial charge in [0, 0.05) is 19.2 Å². The first-order valence-corrected chi connectivity index (χ1v) is 9.72. The first-order chi connectivity index (χ1) is 13.2. The van der Waals surface area contributed by atoms with Crippen LogP contribution in [0.3, 0.4) is 0 Å². The molecule has 2 N–H and O–H groups in total. The summed E-state index contributed by atoms with van der Waals surface area (Å²) in [5.74, 6) is 1.62. The van der Waals surface area contributed by atoms with Gasteiger partial charge in [-0.15, -0.1) is 0 Å². The zero-order valence-corrected chi connectivity index (χ0v) is 15.9. The van der Waals surface area contributed by atoms with Gasteiger partial charge in [0.25, 0.3) is 0 Å². The van der Waals surface area contributed by atoms with Crippen LogP contribution in [-0.4, -0.2) is 37.2 Å². The molecule has 1 aliphatic rings. The number of fused-ring (bicyclic) bond motifs is 1. The Bertz CT molecular complexity index is 943. The Morgan fingerprint density at radius 3 is 3.07 bits per heavy atom. The fourth-order valence-corrected chi connectivity index (χ4v) is 3.75. The van der Waals surface area contributed by atoms with E-state index >= 15 is 0 Å². The molecule has 4 rings (SSSR count). The number of unbranched alkanes of at least 4 members (excludes halogenated alkanes) is 1. The van der Waals surface area contributed by atoms with Crippen LogP contribution in [0.4, 0.5) is 10.6 Å². The Morgan fingerprint density at radius 1 is 1.37 bits per heavy atom. The number of H-pyrrole nitrogens is 1. The zero-order valence-electron chi connectivity index (χ0n) is 15.9. The number of carbonyl (C=O) groups is 1. The average Bonchev–Trinajstić information content (AvgIpc) is 3.39. The molecule has 27 heavy (non-hydrogen) atoms. The van der Waals surface area contributed by atoms with Crippen LogP contribution < -0.4 is 5.32 Å². The van der Waals surface area contributed by atoms with Gasteiger partial charge in [-0.25, -0.2) is 14.5 Å². The monoisotopic (exact) mass is 366 g/mol. The molecule has 142 valence electrons. The fourth-order valence-electron chi connectivity index (χ4n) is 3.75. The quantitative estimate of drug-likeness (QED) is 0.709. The van der Waals surface area contributed by atoms with Crippen molar-refractivity contribution < 1.29 is 4.79 Å². The minimum atomic E-state index is -0.0899. The number of amides is 2. The predicted molar refractivity (Wildman–Crippen MR) is 106 cm³/mol. The van der Waals surface area contributed by atoms with Crippen molar-refractivity contribution >= 4 is 22.9 Å². The van der Waals surface area contributed by atoms with E-state index in [0.717, 1.165) is 67.0 Å². The number of imidazole rings is 1. The standard InChI is InChI=1S/C20H26N6O/c1-3-4-13-26-17(10-11-21-26)23-20(27)25-12-6-9-16(25)19-22-15-8-5-7-14(2)18(15)24-19/h5,7-8,10-11,16H,3-4,6,9,12-13H2,1-2H3,(H,22,24)(H,23,27)/t16-/m0/s1. The van der Waals surface area contributed by atoms with E-state index in [0.29, 0.717) is 0 Å². The van der Waals surface area contributed by atoms with Gasteiger partial charge in [-0.1, -0.05) is 25.5 Å². The van der Waals surface area contributed by atoms with E-state index in [9.17, 15) is 4.79 Å². The summed E-state index contributed by atoms with van der Waals surface area (Å²) >= 11 is 0. The summed E-state index contributed by atoms with van der Waals surface area (Å²) < 4.78 is 1.86. The number of aromatic amines is 1. The SMILES string of the molecule is CCCCn1nccc1NC(=O)N1CCC[C@H]1c1nc2c(C)cccc2[nH]1. The predicted octanol–water partition coefficient (Wildman–Crippen LogP) is 4.24. The number of para-hydroxylation sites is 1. The maximum Gasteiger partial charge on any atom is 0.323 e. The number of benzene rings is 1. The molecule has 1 atom stereocenters. The normalized spacial score (nSPS) is 17.0. The lowest BCUT2D eigenvalue weighted by atomic mass is 10.2. The Morgan fingerprint density at radius 2 is 2.26 bits per heavy atom. The zero-order chi connectivity index (χ0) is 18.8. The molecule has 0 radical (unpaired) electrons. The molecule has 3 heterocycles. The van der Waals surface area contributed by atoms with Gasteiger partial charge in [-0.2, -0.15) is 5.10 Å². The second-order valence-electron chi connectivity index (χ2n) is 7.17. The average molecular weight is 366 g/mol. The van der Waals surface area contributed by atoms with Crippen molar-refractivity contribution in [3.63, 3.8) is 0 Å². The van der Waals surface area contributed by atoms with Gasteiger partial charge < -0.3 is 9.88 Å². The minimum Gasteiger partial charge on any atom is -0.340 e. The summed E-state index contributed by atoms with van der Waals surface area (Å²) in [6.07, 6.45) is 5.75. The lowest BCUT2D eigenvalue weighted by molar-refractivity contribution is 0.205. The lowest BCUT2D eigenvalue weighted by Gasteiger charge is -2.23. The van der Waals surface area contributed by atoms with Crippen molar-refractivity contribution in [1.82, 2.24) is 24.6 Å². The van der Waals surface area contributed by atoms with Crippen LogP contribution in [-0.2, 0) is 6.54 Å². The van der Waals surface area contributed by atoms with Crippen LogP contribution in [0.2, 0.25) is 0 Å². The van der Waals surface area contributed by atoms with Crippen LogP contribution >= 0.6 is 0 Å². The first kappa shape index (κ1) is 17.6. The molecule has 1 aromatic carbocycles. The summed E-state index contributed by atoms with van der Waals surface area (Å²) in [5.41, 5.74) is 3.15. The van der Waals surface area contributed by atoms with Crippen molar-refractivity contribution in [2.24, 2.45) is 0 Å². The van der Waals surface area contributed by atoms with Gasteiger partial charge in [0.1, 0.15) is 11.6 Å². The van der Waals surface area contributed by atoms with Crippen molar-refractivity contribution in [3.05, 3.63) is 41.9 Å². The van der Waals surface area contributed by atoms with Crippen LogP contribution in [0.5, 0.6) is 0 Å². The third-order valence-corrected chi connectivity index (χ3v) is 5.24. The van der Waals surface area contributed by atoms with E-state index in [1.165, 1.54) is 0 Å². The lowest BCUT2D eigenvalue weighted by Crippen LogP contribution is -2.35. The Hall–Kier alpha value is -2.83. The molecular weight excluding hydrogens is 340 g/mol. The smallest absolute Gasteiger partial charge is 0.323 e. The highest BCUT2D eigenvalue weighted by molar-refractivity contribution is 5.89. The highest BCUT2D eigenvalue weighted by atomic mass is 16.2. The molecule has 7 heteroatoms. The summed E-state index contributed by atoms with van der Waals surface area (Å²) in [5, 5.41) is 7.35. The van der Waals surface area contributed by atoms with E-state index < -0.39 is 0 Å². The van der Waals surface area contributed by atoms with Crippen LogP contribution in [0.15, 0.2) is 30.5 Å². The second-order valence-corrected chi connectivity index (χ2v) is 7.17. The van der Waals surface area contributed by atoms with Gasteiger partial charge in [-0.3, -0.25) is 5.32 Å². The molecular formula is C20H26N6O. The van der Waals surface area contributed by atoms with Crippen LogP contribution in [0.1, 0.15) is 50.0 Å². The number of rotatable bonds is 5. The molecule has 2 amide bonds. The largest absolute Gasteiger partial charge is 0.340 e. The molecule has 1 saturated heterocycles. The summed E-state index contributed by atoms with van der Waals surface area (Å²) in [6.45, 7) is 5.75. The maximum absolute atomic E-state index is 12.9. The van der Waals surface area contributed by atoms with Gasteiger partial charge in [0.05, 0.1) is 23.3 Å². The van der Waals surface area contributed by atoms with Crippen LogP contribution in [0, 0.1) is 6.92 Å². The molecule has 0 saturated carbocycles. The van der Waals surface area contributed by atoms with Gasteiger partial charge in [0.2, 0.25) is 0 Å². The highest BCUT2D eigenvalue weighted by Gasteiger charge is 2.32. The van der Waals surface area contributed by atoms with Crippen LogP contribution in [0.25, 0.3) is 11.0 Å². The molecule has 2 aromatic heterocycles. The molecule has 7 nitrogen and oxygen atoms in total. The topological polar surface area (TPSA) is 78.8 Å². The van der Waals surface area contributed by atoms with Crippen molar-refractivity contribution in [2.45, 2.75) is 52.1 Å². The molecule has 0 bridgehead atoms. The maximum atomic E-state index is 12.9. The van der Waals surface area contributed by atoms with E-state index in [4.69, 9.17) is 4.98 Å². The highest BCUT2D eigenvalue weighted by Crippen LogP contribution is 2.32. The first-order valence-electron chi connectivity index (χ1n) is 9.72. The molecule has 0 unspecified atom stereocenters. The third-order valence-electron chi connectivity index (χ3n) is 5.24. The Labute approximate surface area is 158 Å². The number of hydrogen-bond donors (Lipinski definition) is 2. The van der Waals surface area contributed by atoms with E-state index in [2.05, 4.69) is 35.3 Å². The van der Waals surface area contributed by atoms with Gasteiger partial charge in [-0.05, 0) is 37.8 Å². The minimum absolute atomic E-state index is 0.0242. The number of likely N-dealkylation sites (tertiary alicyclic amines) is 1. The molecule has 0 spiro atoms. The number of hydrogen-bond acceptors (Lipinski definition) is 3. The van der Waals surface area contributed by atoms with Crippen molar-refractivity contribution in [3.8, 4) is 0 Å². The van der Waals surface area contributed by atoms with Crippen molar-refractivity contribution in [1.29, 1.82) is 0 Å². The number of nitrogens with one attached hydrogen (secondary N) is 2. The Kier molecular flexibility index (Phi) is 4.83. The van der Waals surface area contributed by atoms with E-state index in [-0.39, 0.29) is 12.1 Å². The van der Waals surface area contributed by atoms with E-state index in [1.54, 1.807) is 6.20 Å². The number of anilines is 1. The third kappa shape index (κ3) is 3.41. The number of carbonyl (C=O) groups excluding carboxylic acids is 1. The van der Waals surface area contributed by atoms with Gasteiger partial charge in [0.15, 0.2) is 0 Å². The molecule has 1 aliphatic heterocycles. The number of urea groups is 1. The summed E-state index contributed by atoms with van der Waals surface area (Å²) in [4.78, 5) is 23.0. The van der Waals surface area contributed by atoms with Gasteiger partial charge >= 0.3 is 6.03 Å². The molecule has 0 aliphatic carbocycles. The number of aromatic nitrogens is 4. The molecule has 1 fully saturated rings. The summed E-state index contributed by atoms with van der Waals surface area (Å²) in [7, 11) is 0. The fraction of sp³-hybridized carbons (Fsp3) is 0.450.